The second kappa shape index (κ2) is 6.18. The number of rotatable bonds is 3. The minimum atomic E-state index is -1.07. The molecule has 1 saturated heterocycles. The van der Waals surface area contributed by atoms with E-state index in [0.717, 1.165) is 22.2 Å². The Morgan fingerprint density at radius 1 is 1.35 bits per heavy atom. The number of nitrogens with zero attached hydrogens (tertiary/aromatic N) is 2. The van der Waals surface area contributed by atoms with Gasteiger partial charge in [-0.05, 0) is 26.0 Å². The summed E-state index contributed by atoms with van der Waals surface area (Å²) < 4.78 is 0.292. The van der Waals surface area contributed by atoms with Crippen LogP contribution in [0.3, 0.4) is 0 Å². The Balaban J connectivity index is 2.02. The largest absolute Gasteiger partial charge is 0.480 e. The number of thioether (sulfide) groups is 2. The van der Waals surface area contributed by atoms with Gasteiger partial charge in [0.2, 0.25) is 0 Å². The molecule has 0 saturated carbocycles. The van der Waals surface area contributed by atoms with E-state index < -0.39 is 12.0 Å². The summed E-state index contributed by atoms with van der Waals surface area (Å²) in [5.74, 6) is -1.40. The summed E-state index contributed by atoms with van der Waals surface area (Å²) in [4.78, 5) is 28.8. The van der Waals surface area contributed by atoms with Crippen LogP contribution >= 0.6 is 35.7 Å². The first-order valence-corrected chi connectivity index (χ1v) is 9.06. The van der Waals surface area contributed by atoms with Gasteiger partial charge in [-0.15, -0.1) is 0 Å². The molecule has 2 aliphatic rings. The van der Waals surface area contributed by atoms with E-state index in [2.05, 4.69) is 4.90 Å². The molecule has 8 heteroatoms. The van der Waals surface area contributed by atoms with Gasteiger partial charge in [-0.1, -0.05) is 47.9 Å². The molecule has 3 rings (SSSR count). The van der Waals surface area contributed by atoms with E-state index in [4.69, 9.17) is 12.2 Å². The summed E-state index contributed by atoms with van der Waals surface area (Å²) in [7, 11) is 0. The SMILES string of the molecule is CCN1/C(=C2\SC(=S)N(C(C)C(=O)O)C2=O)Sc2ccccc21. The monoisotopic (exact) mass is 366 g/mol. The van der Waals surface area contributed by atoms with E-state index in [1.165, 1.54) is 35.3 Å². The standard InChI is InChI=1S/C15H14N2O3S3/c1-3-16-9-6-4-5-7-10(9)22-13(16)11-12(18)17(15(21)23-11)8(2)14(19)20/h4-8H,3H2,1-2H3,(H,19,20)/b13-11+. The molecule has 2 heterocycles. The number of aliphatic carboxylic acids is 1. The lowest BCUT2D eigenvalue weighted by atomic mass is 10.3. The quantitative estimate of drug-likeness (QED) is 0.651. The molecule has 1 aromatic rings. The van der Waals surface area contributed by atoms with Crippen LogP contribution in [0.25, 0.3) is 0 Å². The minimum Gasteiger partial charge on any atom is -0.480 e. The van der Waals surface area contributed by atoms with Gasteiger partial charge in [0.1, 0.15) is 20.3 Å². The number of carboxylic acids is 1. The fraction of sp³-hybridized carbons (Fsp3) is 0.267. The van der Waals surface area contributed by atoms with Crippen LogP contribution < -0.4 is 4.90 Å². The predicted molar refractivity (Wildman–Crippen MR) is 96.5 cm³/mol. The third-order valence-corrected chi connectivity index (χ3v) is 6.36. The zero-order chi connectivity index (χ0) is 16.7. The van der Waals surface area contributed by atoms with Crippen molar-refractivity contribution < 1.29 is 14.7 Å². The Labute approximate surface area is 147 Å². The van der Waals surface area contributed by atoms with Crippen molar-refractivity contribution in [1.82, 2.24) is 4.90 Å². The van der Waals surface area contributed by atoms with Gasteiger partial charge in [0, 0.05) is 11.4 Å². The number of thiocarbonyl (C=S) groups is 1. The first kappa shape index (κ1) is 16.4. The van der Waals surface area contributed by atoms with Crippen molar-refractivity contribution in [2.75, 3.05) is 11.4 Å². The molecule has 1 fully saturated rings. The Morgan fingerprint density at radius 2 is 2.04 bits per heavy atom. The van der Waals surface area contributed by atoms with Crippen LogP contribution in [0.1, 0.15) is 13.8 Å². The van der Waals surface area contributed by atoms with Crippen molar-refractivity contribution in [2.24, 2.45) is 0 Å². The molecule has 1 amide bonds. The number of carboxylic acid groups (broad SMARTS) is 1. The molecule has 0 aliphatic carbocycles. The number of para-hydroxylation sites is 1. The van der Waals surface area contributed by atoms with Gasteiger partial charge >= 0.3 is 5.97 Å². The van der Waals surface area contributed by atoms with E-state index in [1.54, 1.807) is 0 Å². The van der Waals surface area contributed by atoms with Crippen LogP contribution in [0.5, 0.6) is 0 Å². The molecule has 0 bridgehead atoms. The average Bonchev–Trinajstić information content (AvgIpc) is 3.03. The fourth-order valence-electron chi connectivity index (χ4n) is 2.47. The summed E-state index contributed by atoms with van der Waals surface area (Å²) in [6.45, 7) is 4.20. The van der Waals surface area contributed by atoms with Gasteiger partial charge in [0.05, 0.1) is 5.69 Å². The molecule has 0 aromatic heterocycles. The Bertz CT molecular complexity index is 747. The van der Waals surface area contributed by atoms with Gasteiger partial charge in [0.15, 0.2) is 0 Å². The second-order valence-corrected chi connectivity index (χ2v) is 7.68. The van der Waals surface area contributed by atoms with Crippen molar-refractivity contribution in [3.05, 3.63) is 34.2 Å². The third-order valence-electron chi connectivity index (χ3n) is 3.66. The van der Waals surface area contributed by atoms with Crippen LogP contribution in [0, 0.1) is 0 Å². The van der Waals surface area contributed by atoms with Crippen molar-refractivity contribution >= 4 is 57.6 Å². The number of hydrogen-bond acceptors (Lipinski definition) is 6. The highest BCUT2D eigenvalue weighted by Crippen LogP contribution is 2.50. The highest BCUT2D eigenvalue weighted by molar-refractivity contribution is 8.27. The summed E-state index contributed by atoms with van der Waals surface area (Å²) in [6.07, 6.45) is 0. The molecule has 1 aromatic carbocycles. The highest BCUT2D eigenvalue weighted by Gasteiger charge is 2.42. The Hall–Kier alpha value is -1.51. The van der Waals surface area contributed by atoms with Gasteiger partial charge in [0.25, 0.3) is 5.91 Å². The average molecular weight is 366 g/mol. The van der Waals surface area contributed by atoms with Crippen LogP contribution in [0.2, 0.25) is 0 Å². The smallest absolute Gasteiger partial charge is 0.326 e. The summed E-state index contributed by atoms with van der Waals surface area (Å²) >= 11 is 7.93. The fourth-order valence-corrected chi connectivity index (χ4v) is 5.26. The summed E-state index contributed by atoms with van der Waals surface area (Å²) in [5.41, 5.74) is 1.06. The lowest BCUT2D eigenvalue weighted by molar-refractivity contribution is -0.144. The third kappa shape index (κ3) is 2.64. The number of carbonyl (C=O) groups is 2. The van der Waals surface area contributed by atoms with E-state index in [9.17, 15) is 14.7 Å². The Kier molecular flexibility index (Phi) is 4.39. The van der Waals surface area contributed by atoms with Gasteiger partial charge in [-0.3, -0.25) is 9.69 Å². The van der Waals surface area contributed by atoms with Crippen molar-refractivity contribution in [3.63, 3.8) is 0 Å². The van der Waals surface area contributed by atoms with E-state index >= 15 is 0 Å². The predicted octanol–water partition coefficient (Wildman–Crippen LogP) is 3.12. The molecule has 0 radical (unpaired) electrons. The molecule has 0 spiro atoms. The minimum absolute atomic E-state index is 0.292. The second-order valence-electron chi connectivity index (χ2n) is 5.01. The molecule has 1 unspecified atom stereocenters. The van der Waals surface area contributed by atoms with Crippen molar-refractivity contribution in [1.29, 1.82) is 0 Å². The normalized spacial score (nSPS) is 21.8. The van der Waals surface area contributed by atoms with Gasteiger partial charge in [-0.2, -0.15) is 0 Å². The van der Waals surface area contributed by atoms with E-state index in [-0.39, 0.29) is 5.91 Å². The number of hydrogen-bond donors (Lipinski definition) is 1. The van der Waals surface area contributed by atoms with Crippen LogP contribution in [0.15, 0.2) is 39.1 Å². The zero-order valence-electron chi connectivity index (χ0n) is 12.5. The lowest BCUT2D eigenvalue weighted by Crippen LogP contribution is -2.41. The van der Waals surface area contributed by atoms with Crippen LogP contribution in [-0.2, 0) is 9.59 Å². The number of amides is 1. The van der Waals surface area contributed by atoms with Crippen molar-refractivity contribution in [2.45, 2.75) is 24.8 Å². The first-order valence-electron chi connectivity index (χ1n) is 7.02. The number of fused-ring (bicyclic) bond motifs is 1. The Morgan fingerprint density at radius 3 is 2.70 bits per heavy atom. The summed E-state index contributed by atoms with van der Waals surface area (Å²) in [6, 6.07) is 6.98. The lowest BCUT2D eigenvalue weighted by Gasteiger charge is -2.20. The van der Waals surface area contributed by atoms with Gasteiger partial charge in [-0.25, -0.2) is 4.79 Å². The van der Waals surface area contributed by atoms with E-state index in [0.29, 0.717) is 9.23 Å². The topological polar surface area (TPSA) is 60.9 Å². The molecular formula is C15H14N2O3S3. The van der Waals surface area contributed by atoms with Crippen LogP contribution in [0.4, 0.5) is 5.69 Å². The maximum atomic E-state index is 12.7. The molecule has 23 heavy (non-hydrogen) atoms. The highest BCUT2D eigenvalue weighted by atomic mass is 32.2. The number of anilines is 1. The number of benzene rings is 1. The zero-order valence-corrected chi connectivity index (χ0v) is 14.9. The van der Waals surface area contributed by atoms with Crippen LogP contribution in [-0.4, -0.2) is 38.8 Å². The maximum absolute atomic E-state index is 12.7. The molecule has 1 N–H and O–H groups in total. The van der Waals surface area contributed by atoms with Gasteiger partial charge < -0.3 is 10.0 Å². The molecule has 1 atom stereocenters. The maximum Gasteiger partial charge on any atom is 0.326 e. The molecule has 2 aliphatic heterocycles. The molecule has 120 valence electrons. The van der Waals surface area contributed by atoms with Crippen molar-refractivity contribution in [3.8, 4) is 0 Å². The molecular weight excluding hydrogens is 352 g/mol. The van der Waals surface area contributed by atoms with E-state index in [1.807, 2.05) is 31.2 Å². The number of carbonyl (C=O) groups excluding carboxylic acids is 1. The molecule has 5 nitrogen and oxygen atoms in total. The summed E-state index contributed by atoms with van der Waals surface area (Å²) in [5, 5.41) is 10.0. The first-order chi connectivity index (χ1) is 11.0.